The molecule has 9 nitrogen and oxygen atoms in total. The monoisotopic (exact) mass is 600 g/mol. The molecule has 3 aromatic heterocycles. The second-order valence-electron chi connectivity index (χ2n) is 10.9. The number of carbonyl (C=O) groups excluding carboxylic acids is 1. The highest BCUT2D eigenvalue weighted by molar-refractivity contribution is 6.05. The number of hydrogen-bond acceptors (Lipinski definition) is 7. The molecule has 1 saturated heterocycles. The molecule has 1 aliphatic rings. The van der Waals surface area contributed by atoms with Crippen molar-refractivity contribution in [1.82, 2.24) is 29.2 Å². The van der Waals surface area contributed by atoms with E-state index >= 15 is 0 Å². The summed E-state index contributed by atoms with van der Waals surface area (Å²) >= 11 is 0. The quantitative estimate of drug-likeness (QED) is 0.242. The number of rotatable bonds is 7. The van der Waals surface area contributed by atoms with Crippen molar-refractivity contribution in [3.63, 3.8) is 0 Å². The zero-order valence-electron chi connectivity index (χ0n) is 24.3. The summed E-state index contributed by atoms with van der Waals surface area (Å²) < 4.78 is 44.1. The van der Waals surface area contributed by atoms with E-state index in [0.717, 1.165) is 30.3 Å². The van der Waals surface area contributed by atoms with Crippen LogP contribution in [0.3, 0.4) is 0 Å². The van der Waals surface area contributed by atoms with Gasteiger partial charge in [0, 0.05) is 86.2 Å². The number of alkyl halides is 3. The van der Waals surface area contributed by atoms with Crippen LogP contribution in [0.25, 0.3) is 16.9 Å². The largest absolute Gasteiger partial charge is 0.416 e. The van der Waals surface area contributed by atoms with Crippen molar-refractivity contribution in [3.8, 4) is 11.3 Å². The number of benzene rings is 2. The van der Waals surface area contributed by atoms with Crippen LogP contribution in [-0.4, -0.2) is 68.3 Å². The standard InChI is InChI=1S/C32H31F3N8O/c1-21-3-4-23(17-27(21)39-29-30-37-11-12-43(30)20-28(40-29)22-7-9-36-10-8-22)31(44)38-25-6-5-24(26(18-25)32(33,34)35)19-42-15-13-41(2)14-16-42/h3-12,17-18,20H,13-16,19H2,1-2H3,(H,38,44)(H,39,40). The molecular formula is C32H31F3N8O. The number of imidazole rings is 1. The summed E-state index contributed by atoms with van der Waals surface area (Å²) in [5, 5.41) is 5.95. The third-order valence-electron chi connectivity index (χ3n) is 7.77. The summed E-state index contributed by atoms with van der Waals surface area (Å²) in [6.07, 6.45) is 4.17. The van der Waals surface area contributed by atoms with Gasteiger partial charge in [0.2, 0.25) is 0 Å². The number of likely N-dealkylation sites (N-methyl/N-ethyl adjacent to an activating group) is 1. The first-order chi connectivity index (χ1) is 21.1. The third-order valence-corrected chi connectivity index (χ3v) is 7.77. The molecule has 1 aliphatic heterocycles. The SMILES string of the molecule is Cc1ccc(C(=O)Nc2ccc(CN3CCN(C)CC3)c(C(F)(F)F)c2)cc1Nc1nc(-c2ccncc2)cn2ccnc12. The smallest absolute Gasteiger partial charge is 0.337 e. The van der Waals surface area contributed by atoms with Gasteiger partial charge in [-0.1, -0.05) is 12.1 Å². The topological polar surface area (TPSA) is 90.7 Å². The van der Waals surface area contributed by atoms with Crippen LogP contribution >= 0.6 is 0 Å². The molecule has 0 radical (unpaired) electrons. The van der Waals surface area contributed by atoms with Gasteiger partial charge >= 0.3 is 6.18 Å². The maximum atomic E-state index is 14.1. The molecule has 4 heterocycles. The van der Waals surface area contributed by atoms with Gasteiger partial charge in [0.15, 0.2) is 11.5 Å². The summed E-state index contributed by atoms with van der Waals surface area (Å²) in [6.45, 7) is 5.10. The van der Waals surface area contributed by atoms with Crippen LogP contribution in [0.5, 0.6) is 0 Å². The highest BCUT2D eigenvalue weighted by Gasteiger charge is 2.34. The molecule has 0 bridgehead atoms. The lowest BCUT2D eigenvalue weighted by Gasteiger charge is -2.33. The van der Waals surface area contributed by atoms with E-state index in [0.29, 0.717) is 35.9 Å². The fraction of sp³-hybridized carbons (Fsp3) is 0.250. The molecule has 0 unspecified atom stereocenters. The molecular weight excluding hydrogens is 569 g/mol. The van der Waals surface area contributed by atoms with E-state index in [1.165, 1.54) is 12.1 Å². The van der Waals surface area contributed by atoms with Gasteiger partial charge in [0.25, 0.3) is 5.91 Å². The van der Waals surface area contributed by atoms with E-state index in [1.54, 1.807) is 36.8 Å². The predicted molar refractivity (Wildman–Crippen MR) is 163 cm³/mol. The number of aromatic nitrogens is 4. The number of piperazine rings is 1. The fourth-order valence-corrected chi connectivity index (χ4v) is 5.21. The van der Waals surface area contributed by atoms with E-state index in [1.807, 2.05) is 47.8 Å². The molecule has 1 fully saturated rings. The van der Waals surface area contributed by atoms with Crippen LogP contribution in [0.1, 0.15) is 27.0 Å². The normalized spacial score (nSPS) is 14.6. The molecule has 2 aromatic carbocycles. The molecule has 5 aromatic rings. The molecule has 12 heteroatoms. The Balaban J connectivity index is 1.24. The van der Waals surface area contributed by atoms with Crippen molar-refractivity contribution in [2.24, 2.45) is 0 Å². The minimum absolute atomic E-state index is 0.0744. The maximum absolute atomic E-state index is 14.1. The highest BCUT2D eigenvalue weighted by atomic mass is 19.4. The number of aryl methyl sites for hydroxylation is 1. The number of nitrogens with one attached hydrogen (secondary N) is 2. The van der Waals surface area contributed by atoms with Crippen LogP contribution in [0.2, 0.25) is 0 Å². The lowest BCUT2D eigenvalue weighted by atomic mass is 10.0. The zero-order chi connectivity index (χ0) is 30.8. The fourth-order valence-electron chi connectivity index (χ4n) is 5.21. The van der Waals surface area contributed by atoms with Crippen molar-refractivity contribution in [1.29, 1.82) is 0 Å². The minimum atomic E-state index is -4.56. The predicted octanol–water partition coefficient (Wildman–Crippen LogP) is 5.86. The van der Waals surface area contributed by atoms with Gasteiger partial charge in [-0.3, -0.25) is 14.7 Å². The van der Waals surface area contributed by atoms with E-state index in [2.05, 4.69) is 25.5 Å². The van der Waals surface area contributed by atoms with Gasteiger partial charge in [-0.25, -0.2) is 9.97 Å². The summed E-state index contributed by atoms with van der Waals surface area (Å²) in [7, 11) is 2.00. The Morgan fingerprint density at radius 3 is 2.50 bits per heavy atom. The number of hydrogen-bond donors (Lipinski definition) is 2. The van der Waals surface area contributed by atoms with Gasteiger partial charge in [0.05, 0.1) is 11.3 Å². The lowest BCUT2D eigenvalue weighted by molar-refractivity contribution is -0.138. The van der Waals surface area contributed by atoms with Gasteiger partial charge < -0.3 is 19.9 Å². The Bertz CT molecular complexity index is 1800. The maximum Gasteiger partial charge on any atom is 0.416 e. The van der Waals surface area contributed by atoms with Crippen LogP contribution in [0.4, 0.5) is 30.4 Å². The molecule has 0 spiro atoms. The second-order valence-corrected chi connectivity index (χ2v) is 10.9. The van der Waals surface area contributed by atoms with Crippen molar-refractivity contribution < 1.29 is 18.0 Å². The van der Waals surface area contributed by atoms with Crippen LogP contribution in [-0.2, 0) is 12.7 Å². The van der Waals surface area contributed by atoms with E-state index < -0.39 is 17.6 Å². The molecule has 1 amide bonds. The molecule has 0 aliphatic carbocycles. The summed E-state index contributed by atoms with van der Waals surface area (Å²) in [6, 6.07) is 12.8. The number of amides is 1. The Kier molecular flexibility index (Phi) is 8.02. The summed E-state index contributed by atoms with van der Waals surface area (Å²) in [5.41, 5.74) is 3.41. The van der Waals surface area contributed by atoms with E-state index in [9.17, 15) is 18.0 Å². The first-order valence-electron chi connectivity index (χ1n) is 14.2. The number of anilines is 3. The summed E-state index contributed by atoms with van der Waals surface area (Å²) in [5.74, 6) is -0.0480. The average Bonchev–Trinajstić information content (AvgIpc) is 3.49. The van der Waals surface area contributed by atoms with Gasteiger partial charge in [-0.2, -0.15) is 13.2 Å². The highest BCUT2D eigenvalue weighted by Crippen LogP contribution is 2.35. The second kappa shape index (κ2) is 12.1. The number of fused-ring (bicyclic) bond motifs is 1. The van der Waals surface area contributed by atoms with Crippen LogP contribution in [0, 0.1) is 6.92 Å². The summed E-state index contributed by atoms with van der Waals surface area (Å²) in [4.78, 5) is 30.7. The molecule has 0 saturated carbocycles. The number of halogens is 3. The van der Waals surface area contributed by atoms with Crippen molar-refractivity contribution >= 4 is 28.7 Å². The lowest BCUT2D eigenvalue weighted by Crippen LogP contribution is -2.44. The number of carbonyl (C=O) groups is 1. The van der Waals surface area contributed by atoms with Gasteiger partial charge in [-0.05, 0) is 61.5 Å². The van der Waals surface area contributed by atoms with Crippen LogP contribution in [0.15, 0.2) is 79.5 Å². The van der Waals surface area contributed by atoms with E-state index in [4.69, 9.17) is 4.98 Å². The van der Waals surface area contributed by atoms with E-state index in [-0.39, 0.29) is 23.4 Å². The van der Waals surface area contributed by atoms with Crippen molar-refractivity contribution in [2.75, 3.05) is 43.9 Å². The Morgan fingerprint density at radius 1 is 0.977 bits per heavy atom. The molecule has 44 heavy (non-hydrogen) atoms. The molecule has 226 valence electrons. The van der Waals surface area contributed by atoms with Gasteiger partial charge in [-0.15, -0.1) is 0 Å². The first-order valence-corrected chi connectivity index (χ1v) is 14.2. The number of nitrogens with zero attached hydrogens (tertiary/aromatic N) is 6. The number of pyridine rings is 1. The minimum Gasteiger partial charge on any atom is -0.337 e. The van der Waals surface area contributed by atoms with Crippen molar-refractivity contribution in [3.05, 3.63) is 102 Å². The Hall–Kier alpha value is -4.81. The van der Waals surface area contributed by atoms with Gasteiger partial charge in [0.1, 0.15) is 0 Å². The van der Waals surface area contributed by atoms with Crippen molar-refractivity contribution in [2.45, 2.75) is 19.6 Å². The molecule has 2 N–H and O–H groups in total. The zero-order valence-corrected chi connectivity index (χ0v) is 24.3. The molecule has 0 atom stereocenters. The third kappa shape index (κ3) is 6.41. The first kappa shape index (κ1) is 29.3. The Morgan fingerprint density at radius 2 is 1.75 bits per heavy atom. The molecule has 6 rings (SSSR count). The van der Waals surface area contributed by atoms with Crippen LogP contribution < -0.4 is 10.6 Å². The Labute approximate surface area is 252 Å². The average molecular weight is 601 g/mol.